The first-order valence-corrected chi connectivity index (χ1v) is 8.28. The molecule has 2 aromatic rings. The van der Waals surface area contributed by atoms with Crippen molar-refractivity contribution in [2.24, 2.45) is 0 Å². The van der Waals surface area contributed by atoms with E-state index < -0.39 is 6.09 Å². The van der Waals surface area contributed by atoms with Crippen molar-refractivity contribution in [3.05, 3.63) is 61.9 Å². The lowest BCUT2D eigenvalue weighted by Crippen LogP contribution is -2.26. The van der Waals surface area contributed by atoms with Gasteiger partial charge in [0, 0.05) is 3.58 Å². The number of carbonyl (C=O) groups is 1. The van der Waals surface area contributed by atoms with E-state index in [1.165, 1.54) is 5.06 Å². The number of amides is 1. The summed E-state index contributed by atoms with van der Waals surface area (Å²) in [5, 5.41) is 3.22. The maximum Gasteiger partial charge on any atom is 0.439 e. The quantitative estimate of drug-likeness (QED) is 0.699. The van der Waals surface area contributed by atoms with Crippen molar-refractivity contribution in [1.82, 2.24) is 5.06 Å². The summed E-state index contributed by atoms with van der Waals surface area (Å²) < 4.78 is 6.31. The molecule has 0 aliphatic carbocycles. The topological polar surface area (TPSA) is 38.8 Å². The number of hydrogen-bond donors (Lipinski definition) is 0. The Morgan fingerprint density at radius 3 is 2.81 bits per heavy atom. The van der Waals surface area contributed by atoms with Crippen molar-refractivity contribution in [3.63, 3.8) is 0 Å². The molecule has 2 heterocycles. The van der Waals surface area contributed by atoms with Crippen molar-refractivity contribution in [3.8, 4) is 0 Å². The van der Waals surface area contributed by atoms with Crippen LogP contribution in [0, 0.1) is 0 Å². The summed E-state index contributed by atoms with van der Waals surface area (Å²) >= 11 is 3.76. The molecule has 21 heavy (non-hydrogen) atoms. The molecule has 0 unspecified atom stereocenters. The second-order valence-corrected chi connectivity index (χ2v) is 6.59. The molecule has 1 aliphatic rings. The Bertz CT molecular complexity index is 655. The zero-order chi connectivity index (χ0) is 14.7. The van der Waals surface area contributed by atoms with E-state index in [1.807, 2.05) is 47.8 Å². The lowest BCUT2D eigenvalue weighted by atomic mass is 10.2. The van der Waals surface area contributed by atoms with Crippen molar-refractivity contribution < 1.29 is 14.4 Å². The zero-order valence-corrected chi connectivity index (χ0v) is 14.0. The third kappa shape index (κ3) is 3.28. The summed E-state index contributed by atoms with van der Waals surface area (Å²) in [5.74, 6) is 0. The van der Waals surface area contributed by atoms with Gasteiger partial charge in [-0.3, -0.25) is 4.84 Å². The van der Waals surface area contributed by atoms with Gasteiger partial charge < -0.3 is 4.74 Å². The standard InChI is InChI=1S/C15H12INO3S/c16-12-10-20-17(14(12)13-7-4-8-21-13)15(18)19-9-11-5-2-1-3-6-11/h1-8H,9-10H2. The first kappa shape index (κ1) is 14.6. The van der Waals surface area contributed by atoms with Crippen LogP contribution in [0.2, 0.25) is 0 Å². The molecule has 1 aromatic carbocycles. The summed E-state index contributed by atoms with van der Waals surface area (Å²) in [6.45, 7) is 0.627. The van der Waals surface area contributed by atoms with Gasteiger partial charge in [-0.2, -0.15) is 5.06 Å². The van der Waals surface area contributed by atoms with E-state index in [4.69, 9.17) is 9.57 Å². The molecule has 0 N–H and O–H groups in total. The number of ether oxygens (including phenoxy) is 1. The first-order chi connectivity index (χ1) is 10.3. The summed E-state index contributed by atoms with van der Waals surface area (Å²) in [4.78, 5) is 18.6. The SMILES string of the molecule is O=C(OCc1ccccc1)N1OCC(I)=C1c1cccs1. The van der Waals surface area contributed by atoms with Gasteiger partial charge in [0.25, 0.3) is 0 Å². The second-order valence-electron chi connectivity index (χ2n) is 4.34. The Balaban J connectivity index is 1.70. The van der Waals surface area contributed by atoms with E-state index in [0.29, 0.717) is 6.61 Å². The van der Waals surface area contributed by atoms with Crippen LogP contribution in [0.5, 0.6) is 0 Å². The average molecular weight is 413 g/mol. The van der Waals surface area contributed by atoms with Crippen LogP contribution in [0.1, 0.15) is 10.4 Å². The van der Waals surface area contributed by atoms with E-state index in [2.05, 4.69) is 22.6 Å². The molecule has 108 valence electrons. The lowest BCUT2D eigenvalue weighted by molar-refractivity contribution is -0.0689. The minimum absolute atomic E-state index is 0.230. The molecule has 0 bridgehead atoms. The molecule has 0 saturated heterocycles. The number of rotatable bonds is 3. The highest BCUT2D eigenvalue weighted by Gasteiger charge is 2.31. The average Bonchev–Trinajstić information content (AvgIpc) is 3.15. The number of halogens is 1. The van der Waals surface area contributed by atoms with Crippen molar-refractivity contribution in [1.29, 1.82) is 0 Å². The van der Waals surface area contributed by atoms with Gasteiger partial charge in [0.05, 0.1) is 4.88 Å². The summed E-state index contributed by atoms with van der Waals surface area (Å²) in [7, 11) is 0. The van der Waals surface area contributed by atoms with Gasteiger partial charge in [0.1, 0.15) is 18.9 Å². The number of hydroxylamine groups is 2. The Morgan fingerprint density at radius 2 is 2.10 bits per heavy atom. The van der Waals surface area contributed by atoms with Gasteiger partial charge in [0.15, 0.2) is 0 Å². The number of nitrogens with zero attached hydrogens (tertiary/aromatic N) is 1. The third-order valence-electron chi connectivity index (χ3n) is 2.91. The van der Waals surface area contributed by atoms with E-state index in [9.17, 15) is 4.79 Å². The highest BCUT2D eigenvalue weighted by Crippen LogP contribution is 2.35. The lowest BCUT2D eigenvalue weighted by Gasteiger charge is -2.17. The van der Waals surface area contributed by atoms with Gasteiger partial charge >= 0.3 is 6.09 Å². The zero-order valence-electron chi connectivity index (χ0n) is 11.0. The predicted octanol–water partition coefficient (Wildman–Crippen LogP) is 4.44. The van der Waals surface area contributed by atoms with Crippen LogP contribution in [-0.2, 0) is 16.2 Å². The normalized spacial score (nSPS) is 14.6. The smallest absolute Gasteiger partial charge is 0.439 e. The van der Waals surface area contributed by atoms with E-state index in [1.54, 1.807) is 11.3 Å². The molecule has 1 aromatic heterocycles. The maximum absolute atomic E-state index is 12.2. The van der Waals surface area contributed by atoms with Gasteiger partial charge in [-0.05, 0) is 39.6 Å². The van der Waals surface area contributed by atoms with Crippen LogP contribution < -0.4 is 0 Å². The highest BCUT2D eigenvalue weighted by molar-refractivity contribution is 14.1. The van der Waals surface area contributed by atoms with Crippen LogP contribution in [-0.4, -0.2) is 17.8 Å². The Morgan fingerprint density at radius 1 is 1.29 bits per heavy atom. The molecule has 4 nitrogen and oxygen atoms in total. The third-order valence-corrected chi connectivity index (χ3v) is 4.60. The molecule has 3 rings (SSSR count). The van der Waals surface area contributed by atoms with E-state index >= 15 is 0 Å². The largest absolute Gasteiger partial charge is 0.443 e. The fourth-order valence-electron chi connectivity index (χ4n) is 1.93. The van der Waals surface area contributed by atoms with Gasteiger partial charge in [0.2, 0.25) is 0 Å². The monoisotopic (exact) mass is 413 g/mol. The van der Waals surface area contributed by atoms with Gasteiger partial charge in [-0.15, -0.1) is 11.3 Å². The molecule has 0 atom stereocenters. The molecule has 0 saturated carbocycles. The Labute approximate surface area is 140 Å². The molecular formula is C15H12INO3S. The van der Waals surface area contributed by atoms with Crippen molar-refractivity contribution >= 4 is 45.7 Å². The molecule has 0 fully saturated rings. The molecule has 0 spiro atoms. The summed E-state index contributed by atoms with van der Waals surface area (Å²) in [6, 6.07) is 13.5. The number of hydrogen-bond acceptors (Lipinski definition) is 4. The predicted molar refractivity (Wildman–Crippen MR) is 89.7 cm³/mol. The molecular weight excluding hydrogens is 401 g/mol. The fourth-order valence-corrected chi connectivity index (χ4v) is 3.54. The van der Waals surface area contributed by atoms with Crippen LogP contribution in [0.25, 0.3) is 5.70 Å². The molecule has 6 heteroatoms. The maximum atomic E-state index is 12.2. The van der Waals surface area contributed by atoms with E-state index in [0.717, 1.165) is 19.7 Å². The Kier molecular flexibility index (Phi) is 4.57. The molecule has 1 aliphatic heterocycles. The van der Waals surface area contributed by atoms with Crippen LogP contribution in [0.4, 0.5) is 4.79 Å². The minimum atomic E-state index is -0.492. The molecule has 0 radical (unpaired) electrons. The van der Waals surface area contributed by atoms with Gasteiger partial charge in [-0.1, -0.05) is 36.4 Å². The van der Waals surface area contributed by atoms with Crippen molar-refractivity contribution in [2.45, 2.75) is 6.61 Å². The summed E-state index contributed by atoms with van der Waals surface area (Å²) in [6.07, 6.45) is -0.492. The van der Waals surface area contributed by atoms with Crippen LogP contribution in [0.3, 0.4) is 0 Å². The van der Waals surface area contributed by atoms with Crippen LogP contribution in [0.15, 0.2) is 51.4 Å². The van der Waals surface area contributed by atoms with E-state index in [-0.39, 0.29) is 6.61 Å². The number of carbonyl (C=O) groups excluding carboxylic acids is 1. The van der Waals surface area contributed by atoms with Gasteiger partial charge in [-0.25, -0.2) is 4.79 Å². The van der Waals surface area contributed by atoms with Crippen LogP contribution >= 0.6 is 33.9 Å². The second kappa shape index (κ2) is 6.59. The number of thiophene rings is 1. The highest BCUT2D eigenvalue weighted by atomic mass is 127. The Hall–Kier alpha value is -1.38. The first-order valence-electron chi connectivity index (χ1n) is 6.32. The minimum Gasteiger partial charge on any atom is -0.443 e. The fraction of sp³-hybridized carbons (Fsp3) is 0.133. The van der Waals surface area contributed by atoms with Crippen molar-refractivity contribution in [2.75, 3.05) is 6.61 Å². The number of benzene rings is 1. The summed E-state index contributed by atoms with van der Waals surface area (Å²) in [5.41, 5.74) is 1.73. The molecule has 1 amide bonds.